The molecule has 168 valence electrons. The highest BCUT2D eigenvalue weighted by Gasteiger charge is 2.30. The summed E-state index contributed by atoms with van der Waals surface area (Å²) < 4.78 is 43.9. The largest absolute Gasteiger partial charge is 0.416 e. The molecule has 5 nitrogen and oxygen atoms in total. The third-order valence-electron chi connectivity index (χ3n) is 5.05. The Kier molecular flexibility index (Phi) is 6.88. The number of nitrogens with one attached hydrogen (secondary N) is 1. The quantitative estimate of drug-likeness (QED) is 0.571. The number of alkyl halides is 3. The molecule has 32 heavy (non-hydrogen) atoms. The highest BCUT2D eigenvalue weighted by molar-refractivity contribution is 7.13. The van der Waals surface area contributed by atoms with E-state index in [2.05, 4.69) is 27.3 Å². The molecule has 1 saturated heterocycles. The molecule has 1 aliphatic rings. The molecule has 1 N–H and O–H groups in total. The molecule has 3 aromatic rings. The third-order valence-corrected chi connectivity index (χ3v) is 5.99. The smallest absolute Gasteiger partial charge is 0.379 e. The first-order valence-corrected chi connectivity index (χ1v) is 11.1. The van der Waals surface area contributed by atoms with E-state index < -0.39 is 17.6 Å². The van der Waals surface area contributed by atoms with Gasteiger partial charge in [-0.1, -0.05) is 24.3 Å². The Morgan fingerprint density at radius 3 is 2.69 bits per heavy atom. The predicted molar refractivity (Wildman–Crippen MR) is 117 cm³/mol. The van der Waals surface area contributed by atoms with Crippen molar-refractivity contribution >= 4 is 22.9 Å². The molecule has 1 aliphatic heterocycles. The molecule has 0 bridgehead atoms. The van der Waals surface area contributed by atoms with Gasteiger partial charge in [0.2, 0.25) is 5.91 Å². The van der Waals surface area contributed by atoms with E-state index in [0.29, 0.717) is 5.69 Å². The van der Waals surface area contributed by atoms with Crippen LogP contribution in [0.3, 0.4) is 0 Å². The van der Waals surface area contributed by atoms with Crippen LogP contribution in [0.1, 0.15) is 16.8 Å². The number of ether oxygens (including phenoxy) is 1. The first-order chi connectivity index (χ1) is 15.4. The maximum absolute atomic E-state index is 12.8. The fourth-order valence-electron chi connectivity index (χ4n) is 3.48. The lowest BCUT2D eigenvalue weighted by Gasteiger charge is -2.26. The molecule has 0 atom stereocenters. The zero-order valence-corrected chi connectivity index (χ0v) is 18.0. The van der Waals surface area contributed by atoms with Gasteiger partial charge in [-0.15, -0.1) is 11.3 Å². The minimum atomic E-state index is -4.46. The van der Waals surface area contributed by atoms with Crippen LogP contribution in [0.25, 0.3) is 10.6 Å². The van der Waals surface area contributed by atoms with Crippen LogP contribution < -0.4 is 5.32 Å². The molecule has 0 unspecified atom stereocenters. The maximum atomic E-state index is 12.8. The van der Waals surface area contributed by atoms with Crippen LogP contribution in [0.5, 0.6) is 0 Å². The van der Waals surface area contributed by atoms with Gasteiger partial charge in [-0.05, 0) is 29.8 Å². The van der Waals surface area contributed by atoms with E-state index >= 15 is 0 Å². The Morgan fingerprint density at radius 1 is 1.12 bits per heavy atom. The molecule has 1 amide bonds. The number of nitrogens with zero attached hydrogens (tertiary/aromatic N) is 2. The predicted octanol–water partition coefficient (Wildman–Crippen LogP) is 4.84. The number of amides is 1. The second-order valence-electron chi connectivity index (χ2n) is 7.54. The number of benzene rings is 2. The summed E-state index contributed by atoms with van der Waals surface area (Å²) in [5, 5.41) is 5.12. The number of carbonyl (C=O) groups excluding carboxylic acids is 1. The van der Waals surface area contributed by atoms with Gasteiger partial charge in [0.1, 0.15) is 5.01 Å². The summed E-state index contributed by atoms with van der Waals surface area (Å²) >= 11 is 1.44. The zero-order valence-electron chi connectivity index (χ0n) is 17.2. The van der Waals surface area contributed by atoms with Crippen molar-refractivity contribution in [1.29, 1.82) is 0 Å². The van der Waals surface area contributed by atoms with Crippen LogP contribution in [0, 0.1) is 0 Å². The molecule has 0 aliphatic carbocycles. The Balaban J connectivity index is 1.39. The molecule has 4 rings (SSSR count). The van der Waals surface area contributed by atoms with Gasteiger partial charge in [0.15, 0.2) is 0 Å². The summed E-state index contributed by atoms with van der Waals surface area (Å²) in [7, 11) is 0. The van der Waals surface area contributed by atoms with Crippen molar-refractivity contribution in [3.05, 3.63) is 70.7 Å². The van der Waals surface area contributed by atoms with Crippen molar-refractivity contribution in [2.75, 3.05) is 31.6 Å². The molecule has 2 aromatic carbocycles. The lowest BCUT2D eigenvalue weighted by Crippen LogP contribution is -2.35. The first kappa shape index (κ1) is 22.4. The van der Waals surface area contributed by atoms with Crippen molar-refractivity contribution in [2.24, 2.45) is 0 Å². The standard InChI is InChI=1S/C23H22F3N3O2S/c24-23(25,26)18-5-2-6-19(12-18)27-21(30)13-20-15-32-22(28-20)17-4-1-3-16(11-17)14-29-7-9-31-10-8-29/h1-6,11-12,15H,7-10,13-14H2,(H,27,30). The normalized spacial score (nSPS) is 15.0. The molecule has 0 radical (unpaired) electrons. The van der Waals surface area contributed by atoms with E-state index in [0.717, 1.165) is 55.6 Å². The monoisotopic (exact) mass is 461 g/mol. The summed E-state index contributed by atoms with van der Waals surface area (Å²) in [6.45, 7) is 4.16. The molecule has 0 saturated carbocycles. The van der Waals surface area contributed by atoms with E-state index in [4.69, 9.17) is 4.74 Å². The van der Waals surface area contributed by atoms with Crippen molar-refractivity contribution in [3.63, 3.8) is 0 Å². The lowest BCUT2D eigenvalue weighted by atomic mass is 10.1. The first-order valence-electron chi connectivity index (χ1n) is 10.2. The fraction of sp³-hybridized carbons (Fsp3) is 0.304. The molecule has 1 aromatic heterocycles. The highest BCUT2D eigenvalue weighted by atomic mass is 32.1. The summed E-state index contributed by atoms with van der Waals surface area (Å²) in [5.74, 6) is -0.415. The molecule has 0 spiro atoms. The lowest BCUT2D eigenvalue weighted by molar-refractivity contribution is -0.137. The number of hydrogen-bond acceptors (Lipinski definition) is 5. The number of carbonyl (C=O) groups is 1. The molecule has 9 heteroatoms. The van der Waals surface area contributed by atoms with Gasteiger partial charge in [-0.3, -0.25) is 9.69 Å². The fourth-order valence-corrected chi connectivity index (χ4v) is 4.30. The molecular formula is C23H22F3N3O2S. The Hall–Kier alpha value is -2.75. The van der Waals surface area contributed by atoms with Crippen molar-refractivity contribution < 1.29 is 22.7 Å². The second kappa shape index (κ2) is 9.81. The number of thiazole rings is 1. The summed E-state index contributed by atoms with van der Waals surface area (Å²) in [5.41, 5.74) is 2.04. The Morgan fingerprint density at radius 2 is 1.91 bits per heavy atom. The van der Waals surface area contributed by atoms with Gasteiger partial charge < -0.3 is 10.1 Å². The van der Waals surface area contributed by atoms with Crippen LogP contribution in [0.4, 0.5) is 18.9 Å². The summed E-state index contributed by atoms with van der Waals surface area (Å²) in [6, 6.07) is 12.7. The number of anilines is 1. The van der Waals surface area contributed by atoms with Crippen LogP contribution >= 0.6 is 11.3 Å². The SMILES string of the molecule is O=C(Cc1csc(-c2cccc(CN3CCOCC3)c2)n1)Nc1cccc(C(F)(F)F)c1. The Bertz CT molecular complexity index is 1080. The maximum Gasteiger partial charge on any atom is 0.416 e. The number of hydrogen-bond donors (Lipinski definition) is 1. The molecular weight excluding hydrogens is 439 g/mol. The van der Waals surface area contributed by atoms with Crippen molar-refractivity contribution in [1.82, 2.24) is 9.88 Å². The van der Waals surface area contributed by atoms with Gasteiger partial charge in [-0.2, -0.15) is 13.2 Å². The minimum Gasteiger partial charge on any atom is -0.379 e. The van der Waals surface area contributed by atoms with Gasteiger partial charge >= 0.3 is 6.18 Å². The number of aromatic nitrogens is 1. The molecule has 2 heterocycles. The van der Waals surface area contributed by atoms with Crippen molar-refractivity contribution in [2.45, 2.75) is 19.1 Å². The third kappa shape index (κ3) is 5.93. The summed E-state index contributed by atoms with van der Waals surface area (Å²) in [6.07, 6.45) is -4.47. The zero-order chi connectivity index (χ0) is 22.6. The van der Waals surface area contributed by atoms with E-state index in [1.54, 1.807) is 5.38 Å². The second-order valence-corrected chi connectivity index (χ2v) is 8.39. The average Bonchev–Trinajstić information content (AvgIpc) is 3.22. The van der Waals surface area contributed by atoms with E-state index in [1.807, 2.05) is 12.1 Å². The van der Waals surface area contributed by atoms with Gasteiger partial charge in [0.25, 0.3) is 0 Å². The highest BCUT2D eigenvalue weighted by Crippen LogP contribution is 2.31. The molecule has 1 fully saturated rings. The van der Waals surface area contributed by atoms with Crippen LogP contribution in [-0.2, 0) is 28.7 Å². The van der Waals surface area contributed by atoms with Crippen LogP contribution in [0.15, 0.2) is 53.9 Å². The van der Waals surface area contributed by atoms with Gasteiger partial charge in [0.05, 0.1) is 30.9 Å². The van der Waals surface area contributed by atoms with Crippen LogP contribution in [0.2, 0.25) is 0 Å². The number of rotatable bonds is 6. The Labute approximate surface area is 187 Å². The van der Waals surface area contributed by atoms with E-state index in [-0.39, 0.29) is 12.1 Å². The topological polar surface area (TPSA) is 54.5 Å². The number of morpholine rings is 1. The van der Waals surface area contributed by atoms with Gasteiger partial charge in [-0.25, -0.2) is 4.98 Å². The van der Waals surface area contributed by atoms with E-state index in [9.17, 15) is 18.0 Å². The van der Waals surface area contributed by atoms with Crippen LogP contribution in [-0.4, -0.2) is 42.1 Å². The van der Waals surface area contributed by atoms with Crippen molar-refractivity contribution in [3.8, 4) is 10.6 Å². The van der Waals surface area contributed by atoms with E-state index in [1.165, 1.54) is 29.0 Å². The number of halogens is 3. The van der Waals surface area contributed by atoms with Gasteiger partial charge in [0, 0.05) is 36.3 Å². The minimum absolute atomic E-state index is 0.0137. The summed E-state index contributed by atoms with van der Waals surface area (Å²) in [4.78, 5) is 19.2. The average molecular weight is 462 g/mol.